The Balaban J connectivity index is 1.91. The molecule has 1 aromatic carbocycles. The van der Waals surface area contributed by atoms with Crippen LogP contribution in [0.1, 0.15) is 21.7 Å². The topological polar surface area (TPSA) is 126 Å². The highest BCUT2D eigenvalue weighted by Crippen LogP contribution is 2.45. The van der Waals surface area contributed by atoms with Crippen LogP contribution in [0.25, 0.3) is 0 Å². The molecule has 14 heteroatoms. The van der Waals surface area contributed by atoms with Gasteiger partial charge in [0.25, 0.3) is 22.9 Å². The van der Waals surface area contributed by atoms with E-state index in [-0.39, 0.29) is 15.8 Å². The molecule has 1 aliphatic rings. The zero-order valence-electron chi connectivity index (χ0n) is 16.0. The fourth-order valence-electron chi connectivity index (χ4n) is 3.44. The van der Waals surface area contributed by atoms with E-state index in [0.717, 1.165) is 12.1 Å². The van der Waals surface area contributed by atoms with Gasteiger partial charge in [-0.2, -0.15) is 13.2 Å². The second kappa shape index (κ2) is 7.81. The van der Waals surface area contributed by atoms with Crippen LogP contribution in [0.4, 0.5) is 19.0 Å². The first-order valence-electron chi connectivity index (χ1n) is 9.01. The largest absolute Gasteiger partial charge is 0.467 e. The van der Waals surface area contributed by atoms with Crippen LogP contribution in [0, 0.1) is 0 Å². The number of rotatable bonds is 4. The normalized spacial score (nSPS) is 17.5. The third-order valence-corrected chi connectivity index (χ3v) is 5.49. The summed E-state index contributed by atoms with van der Waals surface area (Å²) in [6.07, 6.45) is -4.22. The Morgan fingerprint density at radius 2 is 1.91 bits per heavy atom. The molecule has 33 heavy (non-hydrogen) atoms. The van der Waals surface area contributed by atoms with E-state index < -0.39 is 58.3 Å². The summed E-state index contributed by atoms with van der Waals surface area (Å²) in [5, 5.41) is 3.34. The summed E-state index contributed by atoms with van der Waals surface area (Å²) in [7, 11) is 0. The maximum atomic E-state index is 14.4. The van der Waals surface area contributed by atoms with Gasteiger partial charge < -0.3 is 15.1 Å². The zero-order chi connectivity index (χ0) is 24.1. The first-order chi connectivity index (χ1) is 15.5. The van der Waals surface area contributed by atoms with Crippen LogP contribution in [0.3, 0.4) is 0 Å². The molecule has 4 rings (SSSR count). The Kier molecular flexibility index (Phi) is 5.37. The highest BCUT2D eigenvalue weighted by Gasteiger charge is 2.68. The quantitative estimate of drug-likeness (QED) is 0.505. The van der Waals surface area contributed by atoms with Crippen LogP contribution in [0.5, 0.6) is 0 Å². The molecular weight excluding hydrogens is 492 g/mol. The van der Waals surface area contributed by atoms with Crippen molar-refractivity contribution < 1.29 is 27.2 Å². The summed E-state index contributed by atoms with van der Waals surface area (Å²) in [4.78, 5) is 52.1. The van der Waals surface area contributed by atoms with Crippen molar-refractivity contribution in [1.29, 1.82) is 0 Å². The van der Waals surface area contributed by atoms with Crippen LogP contribution in [0.15, 0.2) is 50.6 Å². The van der Waals surface area contributed by atoms with Gasteiger partial charge in [-0.15, -0.1) is 0 Å². The number of nitrogens with zero attached hydrogens (tertiary/aromatic N) is 1. The number of anilines is 1. The Morgan fingerprint density at radius 1 is 1.18 bits per heavy atom. The molecule has 0 fully saturated rings. The summed E-state index contributed by atoms with van der Waals surface area (Å²) in [6, 6.07) is 6.29. The molecule has 3 aromatic rings. The Hall–Kier alpha value is -3.51. The van der Waals surface area contributed by atoms with Gasteiger partial charge in [0.2, 0.25) is 0 Å². The lowest BCUT2D eigenvalue weighted by Crippen LogP contribution is -2.62. The van der Waals surface area contributed by atoms with Gasteiger partial charge in [-0.3, -0.25) is 23.9 Å². The third kappa shape index (κ3) is 3.60. The first-order valence-corrected chi connectivity index (χ1v) is 9.77. The van der Waals surface area contributed by atoms with Crippen molar-refractivity contribution >= 4 is 40.8 Å². The number of halogens is 5. The summed E-state index contributed by atoms with van der Waals surface area (Å²) in [6.45, 7) is -0.407. The number of H-pyrrole nitrogens is 1. The molecule has 3 heterocycles. The van der Waals surface area contributed by atoms with Crippen molar-refractivity contribution in [3.63, 3.8) is 0 Å². The number of hydrogen-bond acceptors (Lipinski definition) is 5. The molecule has 2 amide bonds. The molecule has 0 saturated carbocycles. The van der Waals surface area contributed by atoms with Crippen LogP contribution in [-0.2, 0) is 16.9 Å². The number of benzene rings is 1. The fraction of sp³-hybridized carbons (Fsp3) is 0.158. The summed E-state index contributed by atoms with van der Waals surface area (Å²) >= 11 is 11.7. The van der Waals surface area contributed by atoms with E-state index in [0.29, 0.717) is 4.57 Å². The molecule has 9 nitrogen and oxygen atoms in total. The predicted octanol–water partition coefficient (Wildman–Crippen LogP) is 2.62. The lowest BCUT2D eigenvalue weighted by Gasteiger charge is -2.30. The van der Waals surface area contributed by atoms with Crippen molar-refractivity contribution in [2.75, 3.05) is 5.32 Å². The van der Waals surface area contributed by atoms with Gasteiger partial charge in [-0.25, -0.2) is 4.79 Å². The minimum Gasteiger partial charge on any atom is -0.467 e. The van der Waals surface area contributed by atoms with E-state index in [1.54, 1.807) is 10.3 Å². The number of aromatic amines is 1. The Bertz CT molecular complexity index is 1400. The minimum absolute atomic E-state index is 0.115. The van der Waals surface area contributed by atoms with E-state index in [1.165, 1.54) is 24.5 Å². The van der Waals surface area contributed by atoms with Crippen molar-refractivity contribution in [1.82, 2.24) is 14.9 Å². The highest BCUT2D eigenvalue weighted by molar-refractivity contribution is 6.36. The summed E-state index contributed by atoms with van der Waals surface area (Å²) < 4.78 is 48.9. The van der Waals surface area contributed by atoms with Gasteiger partial charge in [0.05, 0.1) is 23.4 Å². The highest BCUT2D eigenvalue weighted by atomic mass is 35.5. The number of alkyl halides is 3. The molecule has 1 unspecified atom stereocenters. The molecule has 0 saturated heterocycles. The van der Waals surface area contributed by atoms with Gasteiger partial charge in [0, 0.05) is 5.02 Å². The van der Waals surface area contributed by atoms with E-state index in [2.05, 4.69) is 0 Å². The van der Waals surface area contributed by atoms with E-state index in [1.807, 2.05) is 5.32 Å². The predicted molar refractivity (Wildman–Crippen MR) is 109 cm³/mol. The molecule has 172 valence electrons. The van der Waals surface area contributed by atoms with Crippen molar-refractivity contribution in [2.45, 2.75) is 18.3 Å². The molecular formula is C19H11Cl2F3N4O5. The molecule has 0 bridgehead atoms. The average molecular weight is 503 g/mol. The molecule has 1 aliphatic heterocycles. The minimum atomic E-state index is -5.49. The number of aromatic nitrogens is 2. The smallest absolute Gasteiger partial charge is 0.425 e. The van der Waals surface area contributed by atoms with Crippen LogP contribution < -0.4 is 21.9 Å². The fourth-order valence-corrected chi connectivity index (χ4v) is 3.94. The van der Waals surface area contributed by atoms with E-state index >= 15 is 0 Å². The second-order valence-electron chi connectivity index (χ2n) is 6.93. The van der Waals surface area contributed by atoms with Gasteiger partial charge in [-0.05, 0) is 30.3 Å². The number of carbonyl (C=O) groups is 2. The molecule has 0 aliphatic carbocycles. The number of amides is 2. The number of carbonyl (C=O) groups excluding carboxylic acids is 2. The monoisotopic (exact) mass is 502 g/mol. The SMILES string of the molecule is O=C(NC1(C(F)(F)F)C(=O)Nc2c1c(=O)[nH]c(=O)n2Cc1ccco1)c1ccc(Cl)cc1Cl. The van der Waals surface area contributed by atoms with Gasteiger partial charge in [-0.1, -0.05) is 23.2 Å². The van der Waals surface area contributed by atoms with Gasteiger partial charge in [0.1, 0.15) is 17.1 Å². The van der Waals surface area contributed by atoms with Crippen LogP contribution in [0.2, 0.25) is 10.0 Å². The van der Waals surface area contributed by atoms with Gasteiger partial charge in [0.15, 0.2) is 0 Å². The maximum Gasteiger partial charge on any atom is 0.425 e. The van der Waals surface area contributed by atoms with Crippen LogP contribution in [-0.4, -0.2) is 27.5 Å². The van der Waals surface area contributed by atoms with E-state index in [9.17, 15) is 32.3 Å². The average Bonchev–Trinajstić information content (AvgIpc) is 3.31. The maximum absolute atomic E-state index is 14.4. The van der Waals surface area contributed by atoms with Crippen molar-refractivity contribution in [2.24, 2.45) is 0 Å². The Morgan fingerprint density at radius 3 is 2.52 bits per heavy atom. The zero-order valence-corrected chi connectivity index (χ0v) is 17.6. The number of hydrogen-bond donors (Lipinski definition) is 3. The lowest BCUT2D eigenvalue weighted by atomic mass is 9.91. The number of nitrogens with one attached hydrogen (secondary N) is 3. The second-order valence-corrected chi connectivity index (χ2v) is 7.77. The lowest BCUT2D eigenvalue weighted by molar-refractivity contribution is -0.196. The molecule has 3 N–H and O–H groups in total. The van der Waals surface area contributed by atoms with E-state index in [4.69, 9.17) is 27.6 Å². The molecule has 0 radical (unpaired) electrons. The number of fused-ring (bicyclic) bond motifs is 1. The van der Waals surface area contributed by atoms with Crippen molar-refractivity contribution in [3.8, 4) is 0 Å². The standard InChI is InChI=1S/C19H11Cl2F3N4O5/c20-8-3-4-10(11(21)6-8)14(29)27-18(19(22,23)24)12-13(25-16(18)31)28(17(32)26-15(12)30)7-9-2-1-5-33-9/h1-6H,7H2,(H,25,31)(H,27,29)(H,26,30,32). The van der Waals surface area contributed by atoms with Gasteiger partial charge >= 0.3 is 11.9 Å². The first kappa shape index (κ1) is 22.7. The molecule has 2 aromatic heterocycles. The third-order valence-electron chi connectivity index (χ3n) is 4.94. The molecule has 0 spiro atoms. The van der Waals surface area contributed by atoms with Crippen LogP contribution >= 0.6 is 23.2 Å². The van der Waals surface area contributed by atoms with Crippen molar-refractivity contribution in [3.05, 3.63) is 84.4 Å². The Labute approximate surface area is 191 Å². The number of furan rings is 1. The summed E-state index contributed by atoms with van der Waals surface area (Å²) in [5.74, 6) is -3.76. The summed E-state index contributed by atoms with van der Waals surface area (Å²) in [5.41, 5.74) is -8.05. The molecule has 1 atom stereocenters.